The molecule has 0 aromatic heterocycles. The third-order valence-corrected chi connectivity index (χ3v) is 4.53. The molecular formula is C22H26N2O5. The summed E-state index contributed by atoms with van der Waals surface area (Å²) < 4.78 is 5.10. The van der Waals surface area contributed by atoms with Crippen LogP contribution in [0.3, 0.4) is 0 Å². The van der Waals surface area contributed by atoms with Gasteiger partial charge in [-0.3, -0.25) is 9.59 Å². The van der Waals surface area contributed by atoms with Gasteiger partial charge in [-0.05, 0) is 48.7 Å². The average Bonchev–Trinajstić information content (AvgIpc) is 2.69. The van der Waals surface area contributed by atoms with Crippen LogP contribution >= 0.6 is 0 Å². The number of hydrogen-bond donors (Lipinski definition) is 2. The number of benzene rings is 2. The zero-order valence-electron chi connectivity index (χ0n) is 17.0. The Morgan fingerprint density at radius 1 is 1.07 bits per heavy atom. The second-order valence-electron chi connectivity index (χ2n) is 7.08. The van der Waals surface area contributed by atoms with Gasteiger partial charge >= 0.3 is 5.97 Å². The molecule has 2 N–H and O–H groups in total. The summed E-state index contributed by atoms with van der Waals surface area (Å²) in [6, 6.07) is 13.0. The lowest BCUT2D eigenvalue weighted by Crippen LogP contribution is -2.50. The molecule has 0 spiro atoms. The van der Waals surface area contributed by atoms with Gasteiger partial charge in [-0.1, -0.05) is 32.0 Å². The molecule has 0 bridgehead atoms. The fourth-order valence-electron chi connectivity index (χ4n) is 2.81. The number of aliphatic carboxylic acids is 1. The Hall–Kier alpha value is -3.35. The standard InChI is InChI=1S/C22H26N2O5/c1-14(2)20(23-21(27)18-8-6-5-7-15(18)3)22(28)24(4)16-9-11-17(12-10-16)29-13-19(25)26/h5-12,14,20H,13H2,1-4H3,(H,23,27)(H,25,26). The number of rotatable bonds is 8. The van der Waals surface area contributed by atoms with Crippen molar-refractivity contribution in [3.63, 3.8) is 0 Å². The van der Waals surface area contributed by atoms with Crippen LogP contribution in [0.25, 0.3) is 0 Å². The molecule has 2 rings (SSSR count). The minimum Gasteiger partial charge on any atom is -0.482 e. The minimum absolute atomic E-state index is 0.115. The maximum atomic E-state index is 13.0. The Kier molecular flexibility index (Phi) is 7.36. The lowest BCUT2D eigenvalue weighted by Gasteiger charge is -2.27. The maximum Gasteiger partial charge on any atom is 0.341 e. The highest BCUT2D eigenvalue weighted by atomic mass is 16.5. The van der Waals surface area contributed by atoms with Gasteiger partial charge in [0.15, 0.2) is 6.61 Å². The molecule has 7 heteroatoms. The second-order valence-corrected chi connectivity index (χ2v) is 7.08. The van der Waals surface area contributed by atoms with Crippen LogP contribution in [-0.2, 0) is 9.59 Å². The molecule has 1 unspecified atom stereocenters. The van der Waals surface area contributed by atoms with Crippen molar-refractivity contribution in [2.24, 2.45) is 5.92 Å². The van der Waals surface area contributed by atoms with Crippen LogP contribution in [-0.4, -0.2) is 42.6 Å². The van der Waals surface area contributed by atoms with Crippen molar-refractivity contribution >= 4 is 23.5 Å². The van der Waals surface area contributed by atoms with Gasteiger partial charge in [0.25, 0.3) is 5.91 Å². The largest absolute Gasteiger partial charge is 0.482 e. The zero-order valence-corrected chi connectivity index (χ0v) is 17.0. The molecule has 0 aliphatic rings. The summed E-state index contributed by atoms with van der Waals surface area (Å²) in [6.45, 7) is 5.16. The minimum atomic E-state index is -1.06. The Morgan fingerprint density at radius 2 is 1.69 bits per heavy atom. The second kappa shape index (κ2) is 9.73. The van der Waals surface area contributed by atoms with Crippen molar-refractivity contribution < 1.29 is 24.2 Å². The third kappa shape index (κ3) is 5.81. The molecule has 2 amide bonds. The van der Waals surface area contributed by atoms with Crippen molar-refractivity contribution in [3.8, 4) is 5.75 Å². The number of hydrogen-bond acceptors (Lipinski definition) is 4. The quantitative estimate of drug-likeness (QED) is 0.713. The van der Waals surface area contributed by atoms with E-state index in [1.165, 1.54) is 4.90 Å². The van der Waals surface area contributed by atoms with Gasteiger partial charge in [-0.2, -0.15) is 0 Å². The van der Waals surface area contributed by atoms with E-state index in [9.17, 15) is 14.4 Å². The normalized spacial score (nSPS) is 11.6. The number of carbonyl (C=O) groups is 3. The average molecular weight is 398 g/mol. The van der Waals surface area contributed by atoms with E-state index in [2.05, 4.69) is 5.32 Å². The SMILES string of the molecule is Cc1ccccc1C(=O)NC(C(=O)N(C)c1ccc(OCC(=O)O)cc1)C(C)C. The first kappa shape index (κ1) is 21.9. The first-order chi connectivity index (χ1) is 13.7. The topological polar surface area (TPSA) is 95.9 Å². The highest BCUT2D eigenvalue weighted by Gasteiger charge is 2.28. The molecule has 0 fully saturated rings. The molecule has 2 aromatic rings. The van der Waals surface area contributed by atoms with Crippen molar-refractivity contribution in [3.05, 3.63) is 59.7 Å². The molecule has 0 aliphatic carbocycles. The van der Waals surface area contributed by atoms with Crippen molar-refractivity contribution in [1.82, 2.24) is 5.32 Å². The van der Waals surface area contributed by atoms with Crippen molar-refractivity contribution in [2.45, 2.75) is 26.8 Å². The number of carboxylic acid groups (broad SMARTS) is 1. The smallest absolute Gasteiger partial charge is 0.341 e. The number of ether oxygens (including phenoxy) is 1. The van der Waals surface area contributed by atoms with E-state index < -0.39 is 18.6 Å². The Bertz CT molecular complexity index is 877. The summed E-state index contributed by atoms with van der Waals surface area (Å²) in [5.41, 5.74) is 1.98. The van der Waals surface area contributed by atoms with Crippen LogP contribution in [0.2, 0.25) is 0 Å². The molecule has 0 aliphatic heterocycles. The number of nitrogens with zero attached hydrogens (tertiary/aromatic N) is 1. The summed E-state index contributed by atoms with van der Waals surface area (Å²) in [5, 5.41) is 11.5. The number of anilines is 1. The molecule has 1 atom stereocenters. The van der Waals surface area contributed by atoms with E-state index in [1.807, 2.05) is 32.9 Å². The van der Waals surface area contributed by atoms with Gasteiger partial charge < -0.3 is 20.1 Å². The fourth-order valence-corrected chi connectivity index (χ4v) is 2.81. The van der Waals surface area contributed by atoms with E-state index in [4.69, 9.17) is 9.84 Å². The lowest BCUT2D eigenvalue weighted by atomic mass is 10.0. The molecule has 154 valence electrons. The zero-order chi connectivity index (χ0) is 21.6. The van der Waals surface area contributed by atoms with Crippen LogP contribution in [0.5, 0.6) is 5.75 Å². The summed E-state index contributed by atoms with van der Waals surface area (Å²) >= 11 is 0. The molecule has 7 nitrogen and oxygen atoms in total. The summed E-state index contributed by atoms with van der Waals surface area (Å²) in [6.07, 6.45) is 0. The molecule has 0 radical (unpaired) electrons. The lowest BCUT2D eigenvalue weighted by molar-refractivity contribution is -0.139. The van der Waals surface area contributed by atoms with Crippen molar-refractivity contribution in [1.29, 1.82) is 0 Å². The third-order valence-electron chi connectivity index (χ3n) is 4.53. The molecule has 2 aromatic carbocycles. The maximum absolute atomic E-state index is 13.0. The van der Waals surface area contributed by atoms with Crippen molar-refractivity contribution in [2.75, 3.05) is 18.6 Å². The first-order valence-corrected chi connectivity index (χ1v) is 9.29. The molecule has 29 heavy (non-hydrogen) atoms. The van der Waals surface area contributed by atoms with Gasteiger partial charge in [0.1, 0.15) is 11.8 Å². The summed E-state index contributed by atoms with van der Waals surface area (Å²) in [5.74, 6) is -1.32. The summed E-state index contributed by atoms with van der Waals surface area (Å²) in [7, 11) is 1.63. The highest BCUT2D eigenvalue weighted by Crippen LogP contribution is 2.20. The molecular weight excluding hydrogens is 372 g/mol. The van der Waals surface area contributed by atoms with E-state index >= 15 is 0 Å². The number of amides is 2. The molecule has 0 heterocycles. The molecule has 0 saturated carbocycles. The Morgan fingerprint density at radius 3 is 2.24 bits per heavy atom. The predicted octanol–water partition coefficient (Wildman–Crippen LogP) is 2.88. The Balaban J connectivity index is 2.12. The van der Waals surface area contributed by atoms with Gasteiger partial charge in [0, 0.05) is 18.3 Å². The van der Waals surface area contributed by atoms with Gasteiger partial charge in [-0.25, -0.2) is 4.79 Å². The van der Waals surface area contributed by atoms with Crippen LogP contribution < -0.4 is 15.0 Å². The number of aryl methyl sites for hydroxylation is 1. The van der Waals surface area contributed by atoms with Gasteiger partial charge in [-0.15, -0.1) is 0 Å². The van der Waals surface area contributed by atoms with Gasteiger partial charge in [0.05, 0.1) is 0 Å². The fraction of sp³-hybridized carbons (Fsp3) is 0.318. The Labute approximate surface area is 170 Å². The molecule has 0 saturated heterocycles. The predicted molar refractivity (Wildman–Crippen MR) is 110 cm³/mol. The van der Waals surface area contributed by atoms with E-state index in [0.717, 1.165) is 5.56 Å². The monoisotopic (exact) mass is 398 g/mol. The number of likely N-dealkylation sites (N-methyl/N-ethyl adjacent to an activating group) is 1. The first-order valence-electron chi connectivity index (χ1n) is 9.29. The van der Waals surface area contributed by atoms with Gasteiger partial charge in [0.2, 0.25) is 5.91 Å². The van der Waals surface area contributed by atoms with E-state index in [0.29, 0.717) is 17.0 Å². The number of carboxylic acids is 1. The van der Waals surface area contributed by atoms with Crippen LogP contribution in [0.4, 0.5) is 5.69 Å². The van der Waals surface area contributed by atoms with Crippen LogP contribution in [0.15, 0.2) is 48.5 Å². The number of nitrogens with one attached hydrogen (secondary N) is 1. The van der Waals surface area contributed by atoms with Crippen LogP contribution in [0.1, 0.15) is 29.8 Å². The summed E-state index contributed by atoms with van der Waals surface area (Å²) in [4.78, 5) is 37.7. The van der Waals surface area contributed by atoms with E-state index in [1.54, 1.807) is 43.4 Å². The van der Waals surface area contributed by atoms with E-state index in [-0.39, 0.29) is 17.7 Å². The number of carbonyl (C=O) groups excluding carboxylic acids is 2. The highest BCUT2D eigenvalue weighted by molar-refractivity contribution is 6.02. The van der Waals surface area contributed by atoms with Crippen LogP contribution in [0, 0.1) is 12.8 Å².